The van der Waals surface area contributed by atoms with E-state index in [2.05, 4.69) is 4.98 Å². The van der Waals surface area contributed by atoms with E-state index >= 15 is 0 Å². The van der Waals surface area contributed by atoms with Gasteiger partial charge in [-0.05, 0) is 47.5 Å². The van der Waals surface area contributed by atoms with Gasteiger partial charge in [0.05, 0.1) is 6.04 Å². The molecule has 0 radical (unpaired) electrons. The van der Waals surface area contributed by atoms with Crippen molar-refractivity contribution in [1.29, 1.82) is 0 Å². The normalized spacial score (nSPS) is 22.3. The number of para-hydroxylation sites is 1. The highest BCUT2D eigenvalue weighted by atomic mass is 35.5. The van der Waals surface area contributed by atoms with Crippen LogP contribution in [0.2, 0.25) is 5.02 Å². The molecule has 3 heterocycles. The third kappa shape index (κ3) is 2.93. The van der Waals surface area contributed by atoms with E-state index in [1.165, 1.54) is 0 Å². The minimum absolute atomic E-state index is 0.181. The molecule has 0 unspecified atom stereocenters. The molecule has 0 bridgehead atoms. The van der Waals surface area contributed by atoms with Crippen molar-refractivity contribution in [3.63, 3.8) is 0 Å². The SMILES string of the molecule is O=C(c1ccc(Cl)cc1)[C@H]1[C@H](c2cccnc2)C2(C(=O)c3ccccc3C2=O)[C@@H]2C=Cc3ccccc3N21. The average molecular weight is 517 g/mol. The van der Waals surface area contributed by atoms with E-state index in [-0.39, 0.29) is 17.3 Å². The van der Waals surface area contributed by atoms with Crippen LogP contribution in [0, 0.1) is 5.41 Å². The number of hydrogen-bond acceptors (Lipinski definition) is 5. The number of benzene rings is 3. The number of ketones is 3. The molecule has 7 rings (SSSR count). The van der Waals surface area contributed by atoms with Gasteiger partial charge in [-0.15, -0.1) is 0 Å². The Hall–Kier alpha value is -4.35. The molecule has 1 saturated heterocycles. The summed E-state index contributed by atoms with van der Waals surface area (Å²) in [4.78, 5) is 49.8. The Morgan fingerprint density at radius 3 is 2.21 bits per heavy atom. The maximum Gasteiger partial charge on any atom is 0.185 e. The fraction of sp³-hybridized carbons (Fsp3) is 0.125. The largest absolute Gasteiger partial charge is 0.352 e. The van der Waals surface area contributed by atoms with Gasteiger partial charge in [0.15, 0.2) is 17.3 Å². The standard InChI is InChI=1S/C32H21ClN2O3/c33-22-14-11-20(12-15-22)29(36)28-27(21-7-5-17-34-18-21)32(30(37)23-8-2-3-9-24(23)31(32)38)26-16-13-19-6-1-4-10-25(19)35(26)28/h1-18,26-28H/t26-,27-,28+/m0/s1. The quantitative estimate of drug-likeness (QED) is 0.245. The van der Waals surface area contributed by atoms with Crippen molar-refractivity contribution in [2.75, 3.05) is 4.90 Å². The van der Waals surface area contributed by atoms with Crippen LogP contribution < -0.4 is 4.90 Å². The Bertz CT molecular complexity index is 1630. The lowest BCUT2D eigenvalue weighted by Crippen LogP contribution is -2.48. The van der Waals surface area contributed by atoms with Gasteiger partial charge in [-0.3, -0.25) is 19.4 Å². The number of fused-ring (bicyclic) bond motifs is 5. The number of nitrogens with zero attached hydrogens (tertiary/aromatic N) is 2. The summed E-state index contributed by atoms with van der Waals surface area (Å²) in [6, 6.07) is 23.7. The number of Topliss-reactive ketones (excluding diaryl/α,β-unsaturated/α-hetero) is 3. The lowest BCUT2D eigenvalue weighted by atomic mass is 9.64. The van der Waals surface area contributed by atoms with Crippen LogP contribution in [0.25, 0.3) is 6.08 Å². The molecule has 1 aromatic heterocycles. The number of aromatic nitrogens is 1. The van der Waals surface area contributed by atoms with Crippen LogP contribution in [0.5, 0.6) is 0 Å². The third-order valence-corrected chi connectivity index (χ3v) is 8.41. The summed E-state index contributed by atoms with van der Waals surface area (Å²) in [6.45, 7) is 0. The summed E-state index contributed by atoms with van der Waals surface area (Å²) < 4.78 is 0. The molecular formula is C32H21ClN2O3. The highest BCUT2D eigenvalue weighted by molar-refractivity contribution is 6.32. The van der Waals surface area contributed by atoms with Gasteiger partial charge in [0.1, 0.15) is 11.5 Å². The van der Waals surface area contributed by atoms with Crippen molar-refractivity contribution < 1.29 is 14.4 Å². The fourth-order valence-corrected chi connectivity index (χ4v) is 6.76. The summed E-state index contributed by atoms with van der Waals surface area (Å²) in [5, 5.41) is 0.522. The molecule has 5 nitrogen and oxygen atoms in total. The molecule has 6 heteroatoms. The molecule has 1 aliphatic carbocycles. The highest BCUT2D eigenvalue weighted by Gasteiger charge is 2.71. The second-order valence-corrected chi connectivity index (χ2v) is 10.4. The highest BCUT2D eigenvalue weighted by Crippen LogP contribution is 2.60. The van der Waals surface area contributed by atoms with E-state index in [1.54, 1.807) is 67.0 Å². The second-order valence-electron chi connectivity index (χ2n) is 9.92. The van der Waals surface area contributed by atoms with Gasteiger partial charge in [0, 0.05) is 45.7 Å². The van der Waals surface area contributed by atoms with Gasteiger partial charge in [0.2, 0.25) is 0 Å². The minimum Gasteiger partial charge on any atom is -0.352 e. The van der Waals surface area contributed by atoms with Gasteiger partial charge in [0.25, 0.3) is 0 Å². The van der Waals surface area contributed by atoms with E-state index in [1.807, 2.05) is 47.4 Å². The van der Waals surface area contributed by atoms with Crippen LogP contribution in [0.4, 0.5) is 5.69 Å². The van der Waals surface area contributed by atoms with E-state index in [0.717, 1.165) is 11.3 Å². The van der Waals surface area contributed by atoms with Crippen LogP contribution in [0.3, 0.4) is 0 Å². The monoisotopic (exact) mass is 516 g/mol. The van der Waals surface area contributed by atoms with E-state index < -0.39 is 23.4 Å². The van der Waals surface area contributed by atoms with Crippen LogP contribution in [0.1, 0.15) is 48.1 Å². The number of carbonyl (C=O) groups is 3. The Kier molecular flexibility index (Phi) is 5.00. The van der Waals surface area contributed by atoms with Crippen molar-refractivity contribution in [2.45, 2.75) is 18.0 Å². The molecule has 1 fully saturated rings. The van der Waals surface area contributed by atoms with Gasteiger partial charge in [-0.25, -0.2) is 0 Å². The molecule has 1 spiro atoms. The number of pyridine rings is 1. The van der Waals surface area contributed by atoms with Gasteiger partial charge in [-0.1, -0.05) is 72.3 Å². The summed E-state index contributed by atoms with van der Waals surface area (Å²) in [6.07, 6.45) is 7.20. The maximum absolute atomic E-state index is 14.5. The minimum atomic E-state index is -1.52. The van der Waals surface area contributed by atoms with Crippen LogP contribution in [0.15, 0.2) is 103 Å². The van der Waals surface area contributed by atoms with Crippen LogP contribution in [-0.2, 0) is 0 Å². The summed E-state index contributed by atoms with van der Waals surface area (Å²) in [5.41, 5.74) is 2.16. The van der Waals surface area contributed by atoms with Gasteiger partial charge >= 0.3 is 0 Å². The second kappa shape index (κ2) is 8.33. The molecular weight excluding hydrogens is 496 g/mol. The topological polar surface area (TPSA) is 67.3 Å². The zero-order valence-corrected chi connectivity index (χ0v) is 20.9. The van der Waals surface area contributed by atoms with Crippen molar-refractivity contribution in [3.8, 4) is 0 Å². The molecule has 0 amide bonds. The molecule has 4 aromatic rings. The fourth-order valence-electron chi connectivity index (χ4n) is 6.64. The maximum atomic E-state index is 14.5. The molecule has 3 aliphatic rings. The van der Waals surface area contributed by atoms with E-state index in [0.29, 0.717) is 27.3 Å². The Balaban J connectivity index is 1.54. The molecule has 0 saturated carbocycles. The Morgan fingerprint density at radius 1 is 0.842 bits per heavy atom. The van der Waals surface area contributed by atoms with E-state index in [4.69, 9.17) is 11.6 Å². The molecule has 2 aliphatic heterocycles. The molecule has 3 atom stereocenters. The molecule has 184 valence electrons. The molecule has 3 aromatic carbocycles. The number of carbonyl (C=O) groups excluding carboxylic acids is 3. The predicted octanol–water partition coefficient (Wildman–Crippen LogP) is 6.05. The molecule has 0 N–H and O–H groups in total. The first-order chi connectivity index (χ1) is 18.5. The lowest BCUT2D eigenvalue weighted by molar-refractivity contribution is 0.0666. The number of halogens is 1. The smallest absolute Gasteiger partial charge is 0.185 e. The number of rotatable bonds is 3. The van der Waals surface area contributed by atoms with E-state index in [9.17, 15) is 14.4 Å². The third-order valence-electron chi connectivity index (χ3n) is 8.15. The first kappa shape index (κ1) is 22.8. The van der Waals surface area contributed by atoms with Gasteiger partial charge in [-0.2, -0.15) is 0 Å². The first-order valence-electron chi connectivity index (χ1n) is 12.5. The summed E-state index contributed by atoms with van der Waals surface area (Å²) >= 11 is 6.14. The predicted molar refractivity (Wildman–Crippen MR) is 146 cm³/mol. The lowest BCUT2D eigenvalue weighted by Gasteiger charge is -2.37. The van der Waals surface area contributed by atoms with Crippen LogP contribution in [-0.4, -0.2) is 34.4 Å². The van der Waals surface area contributed by atoms with Gasteiger partial charge < -0.3 is 4.90 Å². The average Bonchev–Trinajstić information content (AvgIpc) is 3.40. The zero-order chi connectivity index (χ0) is 26.0. The summed E-state index contributed by atoms with van der Waals surface area (Å²) in [5.74, 6) is -1.46. The first-order valence-corrected chi connectivity index (χ1v) is 12.8. The Morgan fingerprint density at radius 2 is 1.53 bits per heavy atom. The van der Waals surface area contributed by atoms with Crippen LogP contribution >= 0.6 is 11.6 Å². The summed E-state index contributed by atoms with van der Waals surface area (Å²) in [7, 11) is 0. The van der Waals surface area contributed by atoms with Crippen molar-refractivity contribution >= 4 is 40.7 Å². The zero-order valence-electron chi connectivity index (χ0n) is 20.1. The van der Waals surface area contributed by atoms with Crippen molar-refractivity contribution in [3.05, 3.63) is 136 Å². The Labute approximate surface area is 224 Å². The van der Waals surface area contributed by atoms with Crippen molar-refractivity contribution in [1.82, 2.24) is 4.98 Å². The number of anilines is 1. The number of hydrogen-bond donors (Lipinski definition) is 0. The molecule has 38 heavy (non-hydrogen) atoms. The van der Waals surface area contributed by atoms with Crippen molar-refractivity contribution in [2.24, 2.45) is 5.41 Å².